The van der Waals surface area contributed by atoms with Crippen LogP contribution in [0, 0.1) is 6.92 Å². The molecule has 1 aliphatic carbocycles. The summed E-state index contributed by atoms with van der Waals surface area (Å²) in [5.74, 6) is 0. The van der Waals surface area contributed by atoms with Crippen LogP contribution >= 0.6 is 11.6 Å². The van der Waals surface area contributed by atoms with Gasteiger partial charge in [0.05, 0.1) is 0 Å². The third kappa shape index (κ3) is 2.74. The summed E-state index contributed by atoms with van der Waals surface area (Å²) in [6, 6.07) is 15.8. The lowest BCUT2D eigenvalue weighted by molar-refractivity contribution is 0.465. The van der Waals surface area contributed by atoms with Gasteiger partial charge in [0, 0.05) is 17.1 Å². The van der Waals surface area contributed by atoms with E-state index in [2.05, 4.69) is 55.6 Å². The quantitative estimate of drug-likeness (QED) is 0.838. The highest BCUT2D eigenvalue weighted by atomic mass is 35.5. The number of benzene rings is 2. The Bertz CT molecular complexity index is 621. The second kappa shape index (κ2) is 5.59. The Morgan fingerprint density at radius 2 is 2.05 bits per heavy atom. The Morgan fingerprint density at radius 1 is 1.20 bits per heavy atom. The van der Waals surface area contributed by atoms with Crippen LogP contribution in [0.25, 0.3) is 0 Å². The molecule has 20 heavy (non-hydrogen) atoms. The molecule has 0 spiro atoms. The monoisotopic (exact) mass is 285 g/mol. The topological polar surface area (TPSA) is 12.0 Å². The molecule has 2 heteroatoms. The van der Waals surface area contributed by atoms with Gasteiger partial charge in [0.25, 0.3) is 0 Å². The van der Waals surface area contributed by atoms with E-state index in [-0.39, 0.29) is 0 Å². The number of hydrogen-bond donors (Lipinski definition) is 1. The lowest BCUT2D eigenvalue weighted by atomic mass is 10.0. The van der Waals surface area contributed by atoms with Crippen LogP contribution in [-0.2, 0) is 6.42 Å². The van der Waals surface area contributed by atoms with Gasteiger partial charge in [-0.1, -0.05) is 47.5 Å². The molecule has 0 saturated carbocycles. The molecular weight excluding hydrogens is 266 g/mol. The van der Waals surface area contributed by atoms with Gasteiger partial charge in [0.15, 0.2) is 0 Å². The SMILES string of the molecule is Cc1cccc([C@@H](C)NC2CCc3cc(Cl)ccc32)c1. The Kier molecular flexibility index (Phi) is 3.82. The maximum absolute atomic E-state index is 6.07. The average molecular weight is 286 g/mol. The van der Waals surface area contributed by atoms with Crippen LogP contribution in [0.4, 0.5) is 0 Å². The Hall–Kier alpha value is -1.31. The molecule has 0 heterocycles. The third-order valence-electron chi connectivity index (χ3n) is 4.18. The van der Waals surface area contributed by atoms with Gasteiger partial charge >= 0.3 is 0 Å². The van der Waals surface area contributed by atoms with Crippen molar-refractivity contribution in [3.8, 4) is 0 Å². The van der Waals surface area contributed by atoms with E-state index in [4.69, 9.17) is 11.6 Å². The van der Waals surface area contributed by atoms with Gasteiger partial charge in [-0.2, -0.15) is 0 Å². The molecule has 1 N–H and O–H groups in total. The molecule has 0 saturated heterocycles. The minimum atomic E-state index is 0.363. The van der Waals surface area contributed by atoms with E-state index in [1.54, 1.807) is 0 Å². The van der Waals surface area contributed by atoms with Crippen LogP contribution in [0.2, 0.25) is 5.02 Å². The van der Waals surface area contributed by atoms with Gasteiger partial charge in [0.2, 0.25) is 0 Å². The van der Waals surface area contributed by atoms with Crippen molar-refractivity contribution in [3.05, 3.63) is 69.7 Å². The molecule has 0 fully saturated rings. The molecule has 0 radical (unpaired) electrons. The molecule has 1 nitrogen and oxygen atoms in total. The van der Waals surface area contributed by atoms with Gasteiger partial charge in [0.1, 0.15) is 0 Å². The summed E-state index contributed by atoms with van der Waals surface area (Å²) in [4.78, 5) is 0. The van der Waals surface area contributed by atoms with Gasteiger partial charge in [-0.15, -0.1) is 0 Å². The van der Waals surface area contributed by atoms with Gasteiger partial charge in [-0.05, 0) is 55.5 Å². The summed E-state index contributed by atoms with van der Waals surface area (Å²) in [7, 11) is 0. The largest absolute Gasteiger partial charge is 0.303 e. The molecule has 0 bridgehead atoms. The molecule has 0 aromatic heterocycles. The lowest BCUT2D eigenvalue weighted by Crippen LogP contribution is -2.23. The van der Waals surface area contributed by atoms with E-state index < -0.39 is 0 Å². The van der Waals surface area contributed by atoms with E-state index >= 15 is 0 Å². The van der Waals surface area contributed by atoms with Crippen molar-refractivity contribution in [1.82, 2.24) is 5.32 Å². The van der Waals surface area contributed by atoms with E-state index in [0.29, 0.717) is 12.1 Å². The summed E-state index contributed by atoms with van der Waals surface area (Å²) < 4.78 is 0. The zero-order valence-electron chi connectivity index (χ0n) is 12.0. The van der Waals surface area contributed by atoms with E-state index in [1.165, 1.54) is 22.3 Å². The summed E-state index contributed by atoms with van der Waals surface area (Å²) in [5, 5.41) is 4.60. The number of rotatable bonds is 3. The Labute approximate surface area is 126 Å². The normalized spacial score (nSPS) is 18.9. The molecule has 0 aliphatic heterocycles. The first kappa shape index (κ1) is 13.7. The number of nitrogens with one attached hydrogen (secondary N) is 1. The standard InChI is InChI=1S/C18H20ClN/c1-12-4-3-5-14(10-12)13(2)20-18-9-6-15-11-16(19)7-8-17(15)18/h3-5,7-8,10-11,13,18,20H,6,9H2,1-2H3/t13-,18?/m1/s1. The van der Waals surface area contributed by atoms with Crippen LogP contribution in [-0.4, -0.2) is 0 Å². The number of fused-ring (bicyclic) bond motifs is 1. The lowest BCUT2D eigenvalue weighted by Gasteiger charge is -2.21. The fourth-order valence-electron chi connectivity index (χ4n) is 3.10. The first-order valence-corrected chi connectivity index (χ1v) is 7.62. The van der Waals surface area contributed by atoms with E-state index in [1.807, 2.05) is 6.07 Å². The zero-order valence-corrected chi connectivity index (χ0v) is 12.7. The zero-order chi connectivity index (χ0) is 14.1. The highest BCUT2D eigenvalue weighted by Gasteiger charge is 2.23. The predicted molar refractivity (Wildman–Crippen MR) is 85.2 cm³/mol. The fourth-order valence-corrected chi connectivity index (χ4v) is 3.29. The second-order valence-electron chi connectivity index (χ2n) is 5.74. The fraction of sp³-hybridized carbons (Fsp3) is 0.333. The molecule has 1 unspecified atom stereocenters. The van der Waals surface area contributed by atoms with Crippen molar-refractivity contribution in [3.63, 3.8) is 0 Å². The van der Waals surface area contributed by atoms with Gasteiger partial charge < -0.3 is 5.32 Å². The molecule has 0 amide bonds. The highest BCUT2D eigenvalue weighted by Crippen LogP contribution is 2.34. The van der Waals surface area contributed by atoms with Crippen LogP contribution in [0.15, 0.2) is 42.5 Å². The number of hydrogen-bond acceptors (Lipinski definition) is 1. The van der Waals surface area contributed by atoms with Crippen molar-refractivity contribution >= 4 is 11.6 Å². The van der Waals surface area contributed by atoms with Crippen LogP contribution in [0.1, 0.15) is 47.7 Å². The highest BCUT2D eigenvalue weighted by molar-refractivity contribution is 6.30. The average Bonchev–Trinajstić information content (AvgIpc) is 2.81. The molecule has 104 valence electrons. The van der Waals surface area contributed by atoms with Crippen molar-refractivity contribution in [1.29, 1.82) is 0 Å². The molecule has 3 rings (SSSR count). The first-order valence-electron chi connectivity index (χ1n) is 7.24. The molecular formula is C18H20ClN. The first-order chi connectivity index (χ1) is 9.63. The smallest absolute Gasteiger partial charge is 0.0408 e. The third-order valence-corrected chi connectivity index (χ3v) is 4.41. The van der Waals surface area contributed by atoms with Crippen LogP contribution < -0.4 is 5.32 Å². The second-order valence-corrected chi connectivity index (χ2v) is 6.17. The number of halogens is 1. The predicted octanol–water partition coefficient (Wildman–Crippen LogP) is 4.99. The van der Waals surface area contributed by atoms with Crippen LogP contribution in [0.3, 0.4) is 0 Å². The van der Waals surface area contributed by atoms with Gasteiger partial charge in [-0.3, -0.25) is 0 Å². The van der Waals surface area contributed by atoms with Crippen molar-refractivity contribution in [2.45, 2.75) is 38.8 Å². The summed E-state index contributed by atoms with van der Waals surface area (Å²) in [5.41, 5.74) is 5.47. The summed E-state index contributed by atoms with van der Waals surface area (Å²) in [6.07, 6.45) is 2.28. The van der Waals surface area contributed by atoms with E-state index in [9.17, 15) is 0 Å². The Morgan fingerprint density at radius 3 is 2.85 bits per heavy atom. The van der Waals surface area contributed by atoms with E-state index in [0.717, 1.165) is 17.9 Å². The van der Waals surface area contributed by atoms with Crippen LogP contribution in [0.5, 0.6) is 0 Å². The summed E-state index contributed by atoms with van der Waals surface area (Å²) in [6.45, 7) is 4.38. The number of aryl methyl sites for hydroxylation is 2. The maximum atomic E-state index is 6.07. The minimum Gasteiger partial charge on any atom is -0.303 e. The minimum absolute atomic E-state index is 0.363. The summed E-state index contributed by atoms with van der Waals surface area (Å²) >= 11 is 6.07. The maximum Gasteiger partial charge on any atom is 0.0408 e. The molecule has 2 aromatic rings. The Balaban J connectivity index is 1.77. The molecule has 1 aliphatic rings. The molecule has 2 atom stereocenters. The van der Waals surface area contributed by atoms with Gasteiger partial charge in [-0.25, -0.2) is 0 Å². The van der Waals surface area contributed by atoms with Crippen molar-refractivity contribution < 1.29 is 0 Å². The van der Waals surface area contributed by atoms with Crippen molar-refractivity contribution in [2.24, 2.45) is 0 Å². The molecule has 2 aromatic carbocycles. The van der Waals surface area contributed by atoms with Crippen molar-refractivity contribution in [2.75, 3.05) is 0 Å².